The van der Waals surface area contributed by atoms with Crippen molar-refractivity contribution in [3.8, 4) is 0 Å². The molecule has 3 aromatic rings. The minimum absolute atomic E-state index is 0.0200. The van der Waals surface area contributed by atoms with Gasteiger partial charge in [0.2, 0.25) is 5.91 Å². The average molecular weight is 490 g/mol. The maximum absolute atomic E-state index is 14.3. The lowest BCUT2D eigenvalue weighted by atomic mass is 10.1. The number of anilines is 1. The molecule has 9 nitrogen and oxygen atoms in total. The summed E-state index contributed by atoms with van der Waals surface area (Å²) in [5.74, 6) is -2.81. The van der Waals surface area contributed by atoms with Gasteiger partial charge in [-0.05, 0) is 37.1 Å². The van der Waals surface area contributed by atoms with Crippen LogP contribution in [0.2, 0.25) is 0 Å². The summed E-state index contributed by atoms with van der Waals surface area (Å²) in [5, 5.41) is 5.68. The molecule has 0 spiro atoms. The number of rotatable bonds is 6. The molecule has 0 radical (unpaired) electrons. The zero-order chi connectivity index (χ0) is 25.2. The van der Waals surface area contributed by atoms with Crippen LogP contribution in [-0.2, 0) is 25.7 Å². The monoisotopic (exact) mass is 490 g/mol. The Morgan fingerprint density at radius 2 is 1.92 bits per heavy atom. The number of hydrogen-bond donors (Lipinski definition) is 2. The molecule has 5 rings (SSSR count). The number of urea groups is 1. The summed E-state index contributed by atoms with van der Waals surface area (Å²) in [6.07, 6.45) is 4.92. The van der Waals surface area contributed by atoms with Crippen molar-refractivity contribution in [2.75, 3.05) is 18.1 Å². The van der Waals surface area contributed by atoms with Crippen molar-refractivity contribution in [1.29, 1.82) is 0 Å². The standard InChI is InChI=1S/C26H23FN4O5/c27-20-8-2-4-10-22(20)31-25(34)19(24(33)29-26(31)35)12-16-14-30(21-9-3-1-7-18(16)21)15-23(32)28-13-17-6-5-11-36-17/h1-4,7-10,12,14,17H,5-6,11,13,15H2,(H,28,32)(H,29,33,35)/b19-12+/t17-/m1/s1. The molecule has 3 heterocycles. The normalized spacial score (nSPS) is 19.2. The van der Waals surface area contributed by atoms with Gasteiger partial charge < -0.3 is 14.6 Å². The highest BCUT2D eigenvalue weighted by atomic mass is 19.1. The third-order valence-electron chi connectivity index (χ3n) is 6.18. The van der Waals surface area contributed by atoms with Crippen molar-refractivity contribution in [2.45, 2.75) is 25.5 Å². The van der Waals surface area contributed by atoms with E-state index in [1.165, 1.54) is 24.3 Å². The van der Waals surface area contributed by atoms with Crippen LogP contribution in [0, 0.1) is 5.82 Å². The van der Waals surface area contributed by atoms with Gasteiger partial charge in [0, 0.05) is 35.8 Å². The zero-order valence-electron chi connectivity index (χ0n) is 19.2. The lowest BCUT2D eigenvalue weighted by Gasteiger charge is -2.26. The van der Waals surface area contributed by atoms with Gasteiger partial charge in [0.1, 0.15) is 17.9 Å². The molecule has 0 bridgehead atoms. The molecule has 2 saturated heterocycles. The van der Waals surface area contributed by atoms with Crippen molar-refractivity contribution in [2.24, 2.45) is 0 Å². The van der Waals surface area contributed by atoms with Crippen LogP contribution in [-0.4, -0.2) is 47.6 Å². The molecule has 1 atom stereocenters. The number of carbonyl (C=O) groups is 4. The molecule has 2 aromatic carbocycles. The summed E-state index contributed by atoms with van der Waals surface area (Å²) in [6, 6.07) is 11.5. The first kappa shape index (κ1) is 23.4. The van der Waals surface area contributed by atoms with Gasteiger partial charge in [-0.1, -0.05) is 30.3 Å². The third kappa shape index (κ3) is 4.50. The van der Waals surface area contributed by atoms with Crippen LogP contribution in [0.15, 0.2) is 60.3 Å². The number of hydrogen-bond acceptors (Lipinski definition) is 5. The summed E-state index contributed by atoms with van der Waals surface area (Å²) in [4.78, 5) is 51.3. The van der Waals surface area contributed by atoms with E-state index in [9.17, 15) is 23.6 Å². The van der Waals surface area contributed by atoms with Gasteiger partial charge in [-0.3, -0.25) is 19.7 Å². The van der Waals surface area contributed by atoms with Crippen molar-refractivity contribution < 1.29 is 28.3 Å². The number of barbiturate groups is 1. The Morgan fingerprint density at radius 1 is 1.14 bits per heavy atom. The lowest BCUT2D eigenvalue weighted by Crippen LogP contribution is -2.54. The van der Waals surface area contributed by atoms with Crippen molar-refractivity contribution in [1.82, 2.24) is 15.2 Å². The van der Waals surface area contributed by atoms with E-state index in [2.05, 4.69) is 10.6 Å². The molecule has 2 N–H and O–H groups in total. The number of halogens is 1. The van der Waals surface area contributed by atoms with Crippen LogP contribution >= 0.6 is 0 Å². The summed E-state index contributed by atoms with van der Waals surface area (Å²) < 4.78 is 21.6. The fraction of sp³-hybridized carbons (Fsp3) is 0.231. The average Bonchev–Trinajstić information content (AvgIpc) is 3.50. The van der Waals surface area contributed by atoms with Crippen LogP contribution in [0.4, 0.5) is 14.9 Å². The number of nitrogens with zero attached hydrogens (tertiary/aromatic N) is 2. The lowest BCUT2D eigenvalue weighted by molar-refractivity contribution is -0.123. The van der Waals surface area contributed by atoms with E-state index in [1.54, 1.807) is 22.9 Å². The number of aromatic nitrogens is 1. The maximum atomic E-state index is 14.3. The van der Waals surface area contributed by atoms with Crippen LogP contribution in [0.25, 0.3) is 17.0 Å². The second kappa shape index (κ2) is 9.74. The smallest absolute Gasteiger partial charge is 0.336 e. The molecule has 1 aromatic heterocycles. The van der Waals surface area contributed by atoms with E-state index in [4.69, 9.17) is 4.74 Å². The second-order valence-electron chi connectivity index (χ2n) is 8.58. The van der Waals surface area contributed by atoms with Crippen molar-refractivity contribution in [3.63, 3.8) is 0 Å². The van der Waals surface area contributed by atoms with Crippen LogP contribution in [0.1, 0.15) is 18.4 Å². The van der Waals surface area contributed by atoms with Gasteiger partial charge in [0.25, 0.3) is 11.8 Å². The molecular formula is C26H23FN4O5. The van der Waals surface area contributed by atoms with E-state index < -0.39 is 23.7 Å². The van der Waals surface area contributed by atoms with Gasteiger partial charge in [-0.25, -0.2) is 14.1 Å². The first-order valence-corrected chi connectivity index (χ1v) is 11.5. The number of fused-ring (bicyclic) bond motifs is 1. The van der Waals surface area contributed by atoms with E-state index in [1.807, 2.05) is 12.1 Å². The predicted octanol–water partition coefficient (Wildman–Crippen LogP) is 2.74. The third-order valence-corrected chi connectivity index (χ3v) is 6.18. The van der Waals surface area contributed by atoms with E-state index in [0.29, 0.717) is 29.0 Å². The fourth-order valence-electron chi connectivity index (χ4n) is 4.43. The Kier molecular flexibility index (Phi) is 6.34. The fourth-order valence-corrected chi connectivity index (χ4v) is 4.43. The highest BCUT2D eigenvalue weighted by Crippen LogP contribution is 2.27. The van der Waals surface area contributed by atoms with Crippen molar-refractivity contribution in [3.05, 3.63) is 71.7 Å². The molecule has 5 amide bonds. The Morgan fingerprint density at radius 3 is 2.69 bits per heavy atom. The number of nitrogens with one attached hydrogen (secondary N) is 2. The van der Waals surface area contributed by atoms with Gasteiger partial charge in [-0.15, -0.1) is 0 Å². The zero-order valence-corrected chi connectivity index (χ0v) is 19.2. The predicted molar refractivity (Wildman–Crippen MR) is 129 cm³/mol. The Bertz CT molecular complexity index is 1410. The van der Waals surface area contributed by atoms with Gasteiger partial charge in [0.15, 0.2) is 0 Å². The Balaban J connectivity index is 1.45. The largest absolute Gasteiger partial charge is 0.376 e. The minimum Gasteiger partial charge on any atom is -0.376 e. The number of amides is 5. The molecule has 0 saturated carbocycles. The SMILES string of the molecule is O=C(Cn1cc(/C=C2\C(=O)NC(=O)N(c3ccccc3F)C2=O)c2ccccc21)NC[C@H]1CCCO1. The summed E-state index contributed by atoms with van der Waals surface area (Å²) in [5.41, 5.74) is 0.633. The quantitative estimate of drug-likeness (QED) is 0.408. The molecule has 2 aliphatic rings. The maximum Gasteiger partial charge on any atom is 0.336 e. The molecule has 184 valence electrons. The van der Waals surface area contributed by atoms with Crippen molar-refractivity contribution >= 4 is 46.4 Å². The number of ether oxygens (including phenoxy) is 1. The van der Waals surface area contributed by atoms with Crippen LogP contribution < -0.4 is 15.5 Å². The molecule has 36 heavy (non-hydrogen) atoms. The molecule has 0 unspecified atom stereocenters. The summed E-state index contributed by atoms with van der Waals surface area (Å²) >= 11 is 0. The minimum atomic E-state index is -1.03. The van der Waals surface area contributed by atoms with Gasteiger partial charge >= 0.3 is 6.03 Å². The Labute approximate surface area is 205 Å². The van der Waals surface area contributed by atoms with E-state index in [0.717, 1.165) is 24.4 Å². The number of imide groups is 2. The topological polar surface area (TPSA) is 110 Å². The first-order chi connectivity index (χ1) is 17.4. The van der Waals surface area contributed by atoms with E-state index in [-0.39, 0.29) is 29.8 Å². The molecular weight excluding hydrogens is 467 g/mol. The second-order valence-corrected chi connectivity index (χ2v) is 8.58. The molecule has 10 heteroatoms. The summed E-state index contributed by atoms with van der Waals surface area (Å²) in [6.45, 7) is 1.16. The number of para-hydroxylation sites is 2. The summed E-state index contributed by atoms with van der Waals surface area (Å²) in [7, 11) is 0. The first-order valence-electron chi connectivity index (χ1n) is 11.5. The van der Waals surface area contributed by atoms with Crippen LogP contribution in [0.3, 0.4) is 0 Å². The van der Waals surface area contributed by atoms with E-state index >= 15 is 0 Å². The number of benzene rings is 2. The van der Waals surface area contributed by atoms with Gasteiger partial charge in [-0.2, -0.15) is 0 Å². The van der Waals surface area contributed by atoms with Gasteiger partial charge in [0.05, 0.1) is 11.8 Å². The number of carbonyl (C=O) groups excluding carboxylic acids is 4. The Hall–Kier alpha value is -4.31. The molecule has 2 fully saturated rings. The van der Waals surface area contributed by atoms with Crippen LogP contribution in [0.5, 0.6) is 0 Å². The highest BCUT2D eigenvalue weighted by Gasteiger charge is 2.38. The molecule has 0 aliphatic carbocycles. The highest BCUT2D eigenvalue weighted by molar-refractivity contribution is 6.39. The molecule has 2 aliphatic heterocycles.